The van der Waals surface area contributed by atoms with Gasteiger partial charge in [-0.25, -0.2) is 0 Å². The number of benzene rings is 2. The second-order valence-electron chi connectivity index (χ2n) is 7.26. The van der Waals surface area contributed by atoms with E-state index in [1.165, 1.54) is 11.8 Å². The molecule has 0 radical (unpaired) electrons. The second kappa shape index (κ2) is 9.11. The molecule has 0 unspecified atom stereocenters. The van der Waals surface area contributed by atoms with Gasteiger partial charge < -0.3 is 4.57 Å². The molecule has 0 atom stereocenters. The summed E-state index contributed by atoms with van der Waals surface area (Å²) in [5, 5.41) is 3.14. The fourth-order valence-corrected chi connectivity index (χ4v) is 5.39. The number of hydrogen-bond acceptors (Lipinski definition) is 3. The number of aliphatic imine (C=N–C) groups is 1. The smallest absolute Gasteiger partial charge is 0.266 e. The molecule has 4 nitrogen and oxygen atoms in total. The number of rotatable bonds is 5. The summed E-state index contributed by atoms with van der Waals surface area (Å²) in [6.45, 7) is 7.92. The van der Waals surface area contributed by atoms with Gasteiger partial charge in [0.25, 0.3) is 5.91 Å². The van der Waals surface area contributed by atoms with Gasteiger partial charge in [0, 0.05) is 51.8 Å². The van der Waals surface area contributed by atoms with Crippen LogP contribution in [0.2, 0.25) is 10.0 Å². The minimum atomic E-state index is 0.0108. The van der Waals surface area contributed by atoms with Crippen molar-refractivity contribution in [2.75, 3.05) is 13.1 Å². The first-order valence-electron chi connectivity index (χ1n) is 10.2. The molecule has 160 valence electrons. The number of fused-ring (bicyclic) bond motifs is 1. The van der Waals surface area contributed by atoms with Crippen LogP contribution in [0.1, 0.15) is 30.7 Å². The van der Waals surface area contributed by atoms with Crippen molar-refractivity contribution < 1.29 is 4.79 Å². The predicted molar refractivity (Wildman–Crippen MR) is 133 cm³/mol. The van der Waals surface area contributed by atoms with Gasteiger partial charge in [-0.1, -0.05) is 47.5 Å². The Balaban J connectivity index is 1.81. The van der Waals surface area contributed by atoms with Crippen LogP contribution in [0.25, 0.3) is 17.0 Å². The Labute approximate surface area is 196 Å². The molecule has 31 heavy (non-hydrogen) atoms. The fourth-order valence-electron chi connectivity index (χ4n) is 3.83. The molecule has 1 aliphatic heterocycles. The zero-order valence-corrected chi connectivity index (χ0v) is 20.0. The van der Waals surface area contributed by atoms with E-state index < -0.39 is 0 Å². The highest BCUT2D eigenvalue weighted by molar-refractivity contribution is 8.18. The standard InChI is InChI=1S/C24H23Cl2N3OS/c1-4-27-24-28(5-2)23(30)22(31-24)13-19-15(3)29(21-9-7-6-8-18(19)21)14-16-10-11-17(25)12-20(16)26/h6-13H,4-5,14H2,1-3H3/b22-13+,27-24?. The Morgan fingerprint density at radius 1 is 1.13 bits per heavy atom. The number of amides is 1. The summed E-state index contributed by atoms with van der Waals surface area (Å²) in [6, 6.07) is 13.8. The average molecular weight is 472 g/mol. The van der Waals surface area contributed by atoms with Gasteiger partial charge in [0.15, 0.2) is 5.17 Å². The molecule has 0 bridgehead atoms. The zero-order chi connectivity index (χ0) is 22.1. The number of para-hydroxylation sites is 1. The molecule has 1 aromatic heterocycles. The molecular weight excluding hydrogens is 449 g/mol. The third-order valence-electron chi connectivity index (χ3n) is 5.40. The fraction of sp³-hybridized carbons (Fsp3) is 0.250. The number of carbonyl (C=O) groups excluding carboxylic acids is 1. The van der Waals surface area contributed by atoms with Crippen LogP contribution >= 0.6 is 35.0 Å². The summed E-state index contributed by atoms with van der Waals surface area (Å²) < 4.78 is 2.24. The summed E-state index contributed by atoms with van der Waals surface area (Å²) in [7, 11) is 0. The van der Waals surface area contributed by atoms with Crippen LogP contribution in [0.5, 0.6) is 0 Å². The zero-order valence-electron chi connectivity index (χ0n) is 17.7. The number of nitrogens with zero attached hydrogens (tertiary/aromatic N) is 3. The summed E-state index contributed by atoms with van der Waals surface area (Å²) in [5.74, 6) is 0.0108. The molecule has 0 N–H and O–H groups in total. The third kappa shape index (κ3) is 4.14. The van der Waals surface area contributed by atoms with E-state index in [4.69, 9.17) is 23.2 Å². The van der Waals surface area contributed by atoms with Crippen molar-refractivity contribution >= 4 is 63.0 Å². The molecular formula is C24H23Cl2N3OS. The minimum absolute atomic E-state index is 0.0108. The molecule has 1 fully saturated rings. The van der Waals surface area contributed by atoms with Gasteiger partial charge in [0.2, 0.25) is 0 Å². The lowest BCUT2D eigenvalue weighted by atomic mass is 10.1. The van der Waals surface area contributed by atoms with Crippen molar-refractivity contribution in [2.24, 2.45) is 4.99 Å². The van der Waals surface area contributed by atoms with Crippen molar-refractivity contribution in [3.05, 3.63) is 74.2 Å². The first-order valence-corrected chi connectivity index (χ1v) is 11.8. The maximum absolute atomic E-state index is 13.0. The number of amidine groups is 1. The SMILES string of the molecule is CCN=C1S/C(=C/c2c(C)n(Cc3ccc(Cl)cc3Cl)c3ccccc23)C(=O)N1CC. The van der Waals surface area contributed by atoms with E-state index in [2.05, 4.69) is 28.6 Å². The van der Waals surface area contributed by atoms with Gasteiger partial charge in [-0.15, -0.1) is 0 Å². The van der Waals surface area contributed by atoms with E-state index >= 15 is 0 Å². The van der Waals surface area contributed by atoms with Crippen molar-refractivity contribution in [3.8, 4) is 0 Å². The molecule has 1 saturated heterocycles. The van der Waals surface area contributed by atoms with Crippen LogP contribution in [0, 0.1) is 6.92 Å². The van der Waals surface area contributed by atoms with Crippen molar-refractivity contribution in [1.82, 2.24) is 9.47 Å². The van der Waals surface area contributed by atoms with Crippen LogP contribution in [-0.4, -0.2) is 33.6 Å². The molecule has 4 rings (SSSR count). The Kier molecular flexibility index (Phi) is 6.47. The van der Waals surface area contributed by atoms with E-state index in [-0.39, 0.29) is 5.91 Å². The second-order valence-corrected chi connectivity index (χ2v) is 9.11. The molecule has 7 heteroatoms. The Morgan fingerprint density at radius 2 is 1.90 bits per heavy atom. The quantitative estimate of drug-likeness (QED) is 0.392. The molecule has 1 aliphatic rings. The molecule has 0 saturated carbocycles. The normalized spacial score (nSPS) is 16.9. The monoisotopic (exact) mass is 471 g/mol. The first-order chi connectivity index (χ1) is 14.9. The van der Waals surface area contributed by atoms with Crippen molar-refractivity contribution in [2.45, 2.75) is 27.3 Å². The van der Waals surface area contributed by atoms with Crippen LogP contribution in [-0.2, 0) is 11.3 Å². The highest BCUT2D eigenvalue weighted by atomic mass is 35.5. The van der Waals surface area contributed by atoms with Crippen LogP contribution in [0.15, 0.2) is 52.4 Å². The molecule has 2 aromatic carbocycles. The van der Waals surface area contributed by atoms with Gasteiger partial charge in [-0.2, -0.15) is 0 Å². The van der Waals surface area contributed by atoms with Gasteiger partial charge in [-0.05, 0) is 62.4 Å². The van der Waals surface area contributed by atoms with Gasteiger partial charge in [0.05, 0.1) is 4.91 Å². The van der Waals surface area contributed by atoms with E-state index in [1.807, 2.05) is 44.2 Å². The number of carbonyl (C=O) groups is 1. The third-order valence-corrected chi connectivity index (χ3v) is 7.03. The summed E-state index contributed by atoms with van der Waals surface area (Å²) >= 11 is 14.0. The first kappa shape index (κ1) is 22.0. The van der Waals surface area contributed by atoms with Crippen LogP contribution in [0.4, 0.5) is 0 Å². The Morgan fingerprint density at radius 3 is 2.61 bits per heavy atom. The topological polar surface area (TPSA) is 37.6 Å². The molecule has 0 aliphatic carbocycles. The highest BCUT2D eigenvalue weighted by Gasteiger charge is 2.32. The van der Waals surface area contributed by atoms with Gasteiger partial charge in [0.1, 0.15) is 0 Å². The molecule has 0 spiro atoms. The average Bonchev–Trinajstić information content (AvgIpc) is 3.19. The molecule has 1 amide bonds. The van der Waals surface area contributed by atoms with Gasteiger partial charge in [-0.3, -0.25) is 14.7 Å². The van der Waals surface area contributed by atoms with Crippen LogP contribution in [0.3, 0.4) is 0 Å². The lowest BCUT2D eigenvalue weighted by Crippen LogP contribution is -2.28. The van der Waals surface area contributed by atoms with E-state index in [9.17, 15) is 4.79 Å². The number of hydrogen-bond donors (Lipinski definition) is 0. The lowest BCUT2D eigenvalue weighted by Gasteiger charge is -2.11. The summed E-state index contributed by atoms with van der Waals surface area (Å²) in [5.41, 5.74) is 4.22. The maximum Gasteiger partial charge on any atom is 0.266 e. The van der Waals surface area contributed by atoms with E-state index in [0.29, 0.717) is 34.6 Å². The number of thioether (sulfide) groups is 1. The lowest BCUT2D eigenvalue weighted by molar-refractivity contribution is -0.122. The van der Waals surface area contributed by atoms with Crippen molar-refractivity contribution in [3.63, 3.8) is 0 Å². The van der Waals surface area contributed by atoms with Crippen molar-refractivity contribution in [1.29, 1.82) is 0 Å². The molecule has 3 aromatic rings. The largest absolute Gasteiger partial charge is 0.340 e. The Bertz CT molecular complexity index is 1230. The number of halogens is 2. The van der Waals surface area contributed by atoms with E-state index in [1.54, 1.807) is 11.0 Å². The van der Waals surface area contributed by atoms with Crippen LogP contribution < -0.4 is 0 Å². The Hall–Kier alpha value is -2.21. The number of likely N-dealkylation sites (N-methyl/N-ethyl adjacent to an activating group) is 1. The summed E-state index contributed by atoms with van der Waals surface area (Å²) in [6.07, 6.45) is 2.01. The highest BCUT2D eigenvalue weighted by Crippen LogP contribution is 2.36. The number of aromatic nitrogens is 1. The predicted octanol–water partition coefficient (Wildman–Crippen LogP) is 6.62. The summed E-state index contributed by atoms with van der Waals surface area (Å²) in [4.78, 5) is 19.9. The molecule has 2 heterocycles. The van der Waals surface area contributed by atoms with E-state index in [0.717, 1.165) is 32.9 Å². The van der Waals surface area contributed by atoms with Gasteiger partial charge >= 0.3 is 0 Å². The maximum atomic E-state index is 13.0. The minimum Gasteiger partial charge on any atom is -0.340 e.